The highest BCUT2D eigenvalue weighted by molar-refractivity contribution is 6.06. The Morgan fingerprint density at radius 3 is 2.76 bits per heavy atom. The summed E-state index contributed by atoms with van der Waals surface area (Å²) in [4.78, 5) is 15.7. The summed E-state index contributed by atoms with van der Waals surface area (Å²) in [5.74, 6) is 0.771. The van der Waals surface area contributed by atoms with Gasteiger partial charge in [-0.15, -0.1) is 0 Å². The molecule has 0 fully saturated rings. The summed E-state index contributed by atoms with van der Waals surface area (Å²) in [5, 5.41) is 6.19. The Morgan fingerprint density at radius 2 is 1.88 bits per heavy atom. The molecule has 0 unspecified atom stereocenters. The van der Waals surface area contributed by atoms with Crippen molar-refractivity contribution in [3.63, 3.8) is 0 Å². The molecule has 1 heterocycles. The fourth-order valence-electron chi connectivity index (χ4n) is 3.07. The number of amides is 1. The first-order valence-electron chi connectivity index (χ1n) is 8.15. The van der Waals surface area contributed by atoms with Gasteiger partial charge in [0.2, 0.25) is 0 Å². The molecule has 124 valence electrons. The molecule has 4 nitrogen and oxygen atoms in total. The third-order valence-electron chi connectivity index (χ3n) is 4.40. The summed E-state index contributed by atoms with van der Waals surface area (Å²) >= 11 is 0. The van der Waals surface area contributed by atoms with Crippen LogP contribution in [0.5, 0.6) is 5.75 Å². The molecule has 3 aromatic carbocycles. The third-order valence-corrected chi connectivity index (χ3v) is 4.40. The average molecular weight is 330 g/mol. The van der Waals surface area contributed by atoms with Crippen molar-refractivity contribution >= 4 is 27.6 Å². The van der Waals surface area contributed by atoms with E-state index >= 15 is 0 Å². The number of carbonyl (C=O) groups excluding carboxylic acids is 1. The smallest absolute Gasteiger partial charge is 0.252 e. The Kier molecular flexibility index (Phi) is 3.86. The minimum absolute atomic E-state index is 0.0694. The number of aromatic nitrogens is 1. The monoisotopic (exact) mass is 330 g/mol. The number of methoxy groups -OCH3 is 1. The molecule has 0 saturated carbocycles. The molecule has 0 radical (unpaired) electrons. The van der Waals surface area contributed by atoms with Gasteiger partial charge in [0.25, 0.3) is 5.91 Å². The number of carbonyl (C=O) groups is 1. The van der Waals surface area contributed by atoms with Crippen LogP contribution in [0.4, 0.5) is 0 Å². The minimum atomic E-state index is -0.0694. The lowest BCUT2D eigenvalue weighted by atomic mass is 10.1. The lowest BCUT2D eigenvalue weighted by Gasteiger charge is -2.08. The van der Waals surface area contributed by atoms with Gasteiger partial charge in [-0.2, -0.15) is 0 Å². The molecule has 0 aliphatic rings. The zero-order chi connectivity index (χ0) is 17.2. The van der Waals surface area contributed by atoms with Crippen molar-refractivity contribution in [2.24, 2.45) is 0 Å². The van der Waals surface area contributed by atoms with E-state index in [0.717, 1.165) is 33.0 Å². The molecular formula is C21H18N2O2. The lowest BCUT2D eigenvalue weighted by molar-refractivity contribution is 0.0952. The van der Waals surface area contributed by atoms with E-state index in [1.54, 1.807) is 7.11 Å². The van der Waals surface area contributed by atoms with Gasteiger partial charge in [-0.3, -0.25) is 4.79 Å². The Morgan fingerprint density at radius 1 is 1.04 bits per heavy atom. The van der Waals surface area contributed by atoms with Gasteiger partial charge in [-0.05, 0) is 52.7 Å². The van der Waals surface area contributed by atoms with Crippen molar-refractivity contribution in [1.29, 1.82) is 0 Å². The molecule has 0 saturated heterocycles. The van der Waals surface area contributed by atoms with Crippen LogP contribution in [0.3, 0.4) is 0 Å². The standard InChI is InChI=1S/C21H18N2O2/c1-25-17-8-7-15-11-14(5-6-16(15)12-17)13-23-21(24)19-3-2-4-20-18(19)9-10-22-20/h2-12,22H,13H2,1H3,(H,23,24). The van der Waals surface area contributed by atoms with Gasteiger partial charge in [0, 0.05) is 29.2 Å². The van der Waals surface area contributed by atoms with E-state index < -0.39 is 0 Å². The second kappa shape index (κ2) is 6.32. The molecule has 0 spiro atoms. The van der Waals surface area contributed by atoms with Gasteiger partial charge in [-0.1, -0.05) is 24.3 Å². The maximum atomic E-state index is 12.5. The second-order valence-corrected chi connectivity index (χ2v) is 5.97. The normalized spacial score (nSPS) is 10.9. The van der Waals surface area contributed by atoms with E-state index in [0.29, 0.717) is 12.1 Å². The van der Waals surface area contributed by atoms with Crippen LogP contribution in [0.2, 0.25) is 0 Å². The van der Waals surface area contributed by atoms with Crippen LogP contribution in [0.25, 0.3) is 21.7 Å². The molecule has 4 aromatic rings. The fraction of sp³-hybridized carbons (Fsp3) is 0.0952. The minimum Gasteiger partial charge on any atom is -0.497 e. The quantitative estimate of drug-likeness (QED) is 0.587. The number of H-pyrrole nitrogens is 1. The number of fused-ring (bicyclic) bond motifs is 2. The highest BCUT2D eigenvalue weighted by Crippen LogP contribution is 2.22. The first-order valence-corrected chi connectivity index (χ1v) is 8.15. The van der Waals surface area contributed by atoms with Crippen molar-refractivity contribution in [2.75, 3.05) is 7.11 Å². The van der Waals surface area contributed by atoms with E-state index in [-0.39, 0.29) is 5.91 Å². The van der Waals surface area contributed by atoms with Gasteiger partial charge < -0.3 is 15.0 Å². The Bertz CT molecular complexity index is 1070. The number of hydrogen-bond donors (Lipinski definition) is 2. The molecule has 0 aliphatic heterocycles. The lowest BCUT2D eigenvalue weighted by Crippen LogP contribution is -2.22. The predicted molar refractivity (Wildman–Crippen MR) is 100.0 cm³/mol. The summed E-state index contributed by atoms with van der Waals surface area (Å²) in [5.41, 5.74) is 2.71. The number of ether oxygens (including phenoxy) is 1. The highest BCUT2D eigenvalue weighted by Gasteiger charge is 2.10. The highest BCUT2D eigenvalue weighted by atomic mass is 16.5. The van der Waals surface area contributed by atoms with Crippen LogP contribution in [-0.2, 0) is 6.54 Å². The number of benzene rings is 3. The van der Waals surface area contributed by atoms with E-state index in [2.05, 4.69) is 16.4 Å². The van der Waals surface area contributed by atoms with E-state index in [1.807, 2.05) is 60.8 Å². The summed E-state index contributed by atoms with van der Waals surface area (Å²) in [6.07, 6.45) is 1.85. The van der Waals surface area contributed by atoms with Gasteiger partial charge >= 0.3 is 0 Å². The van der Waals surface area contributed by atoms with Crippen molar-refractivity contribution in [1.82, 2.24) is 10.3 Å². The summed E-state index contributed by atoms with van der Waals surface area (Å²) in [6, 6.07) is 19.8. The SMILES string of the molecule is COc1ccc2cc(CNC(=O)c3cccc4[nH]ccc34)ccc2c1. The molecule has 1 aromatic heterocycles. The molecule has 1 amide bonds. The van der Waals surface area contributed by atoms with Gasteiger partial charge in [0.15, 0.2) is 0 Å². The van der Waals surface area contributed by atoms with Crippen molar-refractivity contribution in [3.8, 4) is 5.75 Å². The zero-order valence-corrected chi connectivity index (χ0v) is 13.9. The molecule has 4 heteroatoms. The number of hydrogen-bond acceptors (Lipinski definition) is 2. The van der Waals surface area contributed by atoms with Crippen molar-refractivity contribution in [3.05, 3.63) is 78.0 Å². The second-order valence-electron chi connectivity index (χ2n) is 5.97. The molecule has 0 atom stereocenters. The van der Waals surface area contributed by atoms with Gasteiger partial charge in [-0.25, -0.2) is 0 Å². The van der Waals surface area contributed by atoms with Crippen LogP contribution in [-0.4, -0.2) is 18.0 Å². The largest absolute Gasteiger partial charge is 0.497 e. The van der Waals surface area contributed by atoms with E-state index in [9.17, 15) is 4.79 Å². The molecule has 2 N–H and O–H groups in total. The Hall–Kier alpha value is -3.27. The van der Waals surface area contributed by atoms with Gasteiger partial charge in [0.05, 0.1) is 7.11 Å². The number of aromatic amines is 1. The maximum Gasteiger partial charge on any atom is 0.252 e. The Labute approximate surface area is 145 Å². The van der Waals surface area contributed by atoms with Gasteiger partial charge in [0.1, 0.15) is 5.75 Å². The fourth-order valence-corrected chi connectivity index (χ4v) is 3.07. The summed E-state index contributed by atoms with van der Waals surface area (Å²) < 4.78 is 5.25. The zero-order valence-electron chi connectivity index (χ0n) is 13.9. The van der Waals surface area contributed by atoms with Crippen molar-refractivity contribution in [2.45, 2.75) is 6.54 Å². The third kappa shape index (κ3) is 2.94. The molecule has 25 heavy (non-hydrogen) atoms. The van der Waals surface area contributed by atoms with E-state index in [1.165, 1.54) is 0 Å². The molecule has 0 aliphatic carbocycles. The van der Waals surface area contributed by atoms with Crippen LogP contribution in [0.15, 0.2) is 66.9 Å². The van der Waals surface area contributed by atoms with Crippen LogP contribution >= 0.6 is 0 Å². The first kappa shape index (κ1) is 15.3. The van der Waals surface area contributed by atoms with Crippen LogP contribution < -0.4 is 10.1 Å². The average Bonchev–Trinajstić information content (AvgIpc) is 3.14. The molecule has 4 rings (SSSR count). The van der Waals surface area contributed by atoms with Crippen molar-refractivity contribution < 1.29 is 9.53 Å². The maximum absolute atomic E-state index is 12.5. The first-order chi connectivity index (χ1) is 12.2. The number of nitrogens with one attached hydrogen (secondary N) is 2. The van der Waals surface area contributed by atoms with Crippen LogP contribution in [0, 0.1) is 0 Å². The number of rotatable bonds is 4. The van der Waals surface area contributed by atoms with Crippen LogP contribution in [0.1, 0.15) is 15.9 Å². The predicted octanol–water partition coefficient (Wildman–Crippen LogP) is 4.26. The Balaban J connectivity index is 1.53. The topological polar surface area (TPSA) is 54.1 Å². The summed E-state index contributed by atoms with van der Waals surface area (Å²) in [6.45, 7) is 0.488. The van der Waals surface area contributed by atoms with E-state index in [4.69, 9.17) is 4.74 Å². The molecular weight excluding hydrogens is 312 g/mol. The summed E-state index contributed by atoms with van der Waals surface area (Å²) in [7, 11) is 1.66. The molecule has 0 bridgehead atoms.